The first-order valence-electron chi connectivity index (χ1n) is 12.5. The van der Waals surface area contributed by atoms with E-state index in [2.05, 4.69) is 33.5 Å². The van der Waals surface area contributed by atoms with Gasteiger partial charge in [-0.15, -0.1) is 0 Å². The number of amides is 1. The van der Waals surface area contributed by atoms with Crippen molar-refractivity contribution in [2.75, 3.05) is 49.2 Å². The number of carbonyl (C=O) groups excluding carboxylic acids is 1. The Bertz CT molecular complexity index is 976. The van der Waals surface area contributed by atoms with Crippen molar-refractivity contribution in [3.8, 4) is 0 Å². The predicted molar refractivity (Wildman–Crippen MR) is 146 cm³/mol. The van der Waals surface area contributed by atoms with Gasteiger partial charge >= 0.3 is 6.09 Å². The van der Waals surface area contributed by atoms with Crippen LogP contribution in [0.3, 0.4) is 0 Å². The number of amidine groups is 1. The fourth-order valence-electron chi connectivity index (χ4n) is 4.50. The highest BCUT2D eigenvalue weighted by molar-refractivity contribution is 5.94. The number of rotatable bonds is 6. The molecule has 2 saturated heterocycles. The summed E-state index contributed by atoms with van der Waals surface area (Å²) < 4.78 is 5.53. The van der Waals surface area contributed by atoms with E-state index in [4.69, 9.17) is 10.5 Å². The lowest BCUT2D eigenvalue weighted by Gasteiger charge is -2.55. The summed E-state index contributed by atoms with van der Waals surface area (Å²) in [6, 6.07) is 6.19. The molecule has 192 valence electrons. The van der Waals surface area contributed by atoms with E-state index in [1.807, 2.05) is 63.1 Å². The van der Waals surface area contributed by atoms with Crippen molar-refractivity contribution < 1.29 is 9.53 Å². The molecule has 2 fully saturated rings. The summed E-state index contributed by atoms with van der Waals surface area (Å²) in [6.45, 7) is 13.3. The van der Waals surface area contributed by atoms with Crippen LogP contribution in [0.1, 0.15) is 53.9 Å². The number of carbonyl (C=O) groups is 1. The van der Waals surface area contributed by atoms with Crippen LogP contribution in [0.5, 0.6) is 0 Å². The van der Waals surface area contributed by atoms with Crippen LogP contribution in [0.4, 0.5) is 21.9 Å². The van der Waals surface area contributed by atoms with E-state index >= 15 is 0 Å². The molecule has 35 heavy (non-hydrogen) atoms. The SMILES string of the molecule is CC/C=C/NC(C=C(C)Nc1ccc(N2CC3(CCN(C(=O)OC(C)(C)C)CC3)C2)cc1N)=NC. The zero-order valence-corrected chi connectivity index (χ0v) is 22.1. The minimum atomic E-state index is -0.455. The number of piperidine rings is 1. The third-order valence-electron chi connectivity index (χ3n) is 6.44. The Morgan fingerprint density at radius 2 is 1.94 bits per heavy atom. The molecular weight excluding hydrogens is 440 g/mol. The molecule has 0 bridgehead atoms. The van der Waals surface area contributed by atoms with Crippen LogP contribution in [0.15, 0.2) is 47.2 Å². The van der Waals surface area contributed by atoms with Crippen molar-refractivity contribution in [2.24, 2.45) is 10.4 Å². The number of allylic oxidation sites excluding steroid dienone is 2. The van der Waals surface area contributed by atoms with Crippen molar-refractivity contribution >= 4 is 29.0 Å². The van der Waals surface area contributed by atoms with Crippen LogP contribution in [0.2, 0.25) is 0 Å². The van der Waals surface area contributed by atoms with E-state index < -0.39 is 5.60 Å². The van der Waals surface area contributed by atoms with Crippen molar-refractivity contribution in [1.29, 1.82) is 0 Å². The average Bonchev–Trinajstić information content (AvgIpc) is 2.77. The Balaban J connectivity index is 1.53. The highest BCUT2D eigenvalue weighted by Crippen LogP contribution is 2.43. The number of nitrogens with zero attached hydrogens (tertiary/aromatic N) is 3. The molecule has 0 saturated carbocycles. The van der Waals surface area contributed by atoms with Gasteiger partial charge in [0.15, 0.2) is 0 Å². The van der Waals surface area contributed by atoms with Gasteiger partial charge in [-0.25, -0.2) is 4.79 Å². The van der Waals surface area contributed by atoms with Crippen molar-refractivity contribution in [3.05, 3.63) is 42.2 Å². The maximum absolute atomic E-state index is 12.4. The first-order chi connectivity index (χ1) is 16.5. The van der Waals surface area contributed by atoms with E-state index in [1.165, 1.54) is 0 Å². The fraction of sp³-hybridized carbons (Fsp3) is 0.556. The van der Waals surface area contributed by atoms with Gasteiger partial charge in [0.1, 0.15) is 11.4 Å². The highest BCUT2D eigenvalue weighted by Gasteiger charge is 2.46. The molecule has 4 N–H and O–H groups in total. The lowest BCUT2D eigenvalue weighted by Crippen LogP contribution is -2.61. The normalized spacial score (nSPS) is 18.6. The molecule has 3 rings (SSSR count). The summed E-state index contributed by atoms with van der Waals surface area (Å²) >= 11 is 0. The van der Waals surface area contributed by atoms with Crippen molar-refractivity contribution in [3.63, 3.8) is 0 Å². The molecule has 0 aromatic heterocycles. The van der Waals surface area contributed by atoms with Gasteiger partial charge in [0.2, 0.25) is 0 Å². The minimum absolute atomic E-state index is 0.200. The summed E-state index contributed by atoms with van der Waals surface area (Å²) in [5.41, 5.74) is 9.88. The Kier molecular flexibility index (Phi) is 8.35. The number of benzene rings is 1. The molecule has 0 aliphatic carbocycles. The standard InChI is InChI=1S/C27H42N6O2/c1-7-8-13-30-24(29-6)16-20(2)31-23-10-9-21(17-22(23)28)33-18-27(19-33)11-14-32(15-12-27)25(34)35-26(3,4)5/h8-10,13,16-17,31H,7,11-12,14-15,18-19,28H2,1-6H3,(H,29,30)/b13-8+,20-16?. The molecule has 2 heterocycles. The molecule has 2 aliphatic heterocycles. The quantitative estimate of drug-likeness (QED) is 0.301. The molecule has 2 aliphatic rings. The van der Waals surface area contributed by atoms with Crippen LogP contribution < -0.4 is 21.3 Å². The van der Waals surface area contributed by atoms with Gasteiger partial charge in [-0.2, -0.15) is 0 Å². The summed E-state index contributed by atoms with van der Waals surface area (Å²) in [6.07, 6.45) is 8.68. The number of nitrogen functional groups attached to an aromatic ring is 1. The number of ether oxygens (including phenoxy) is 1. The first kappa shape index (κ1) is 26.4. The molecule has 1 aromatic rings. The summed E-state index contributed by atoms with van der Waals surface area (Å²) in [5.74, 6) is 0.776. The van der Waals surface area contributed by atoms with E-state index in [0.29, 0.717) is 5.69 Å². The number of likely N-dealkylation sites (tertiary alicyclic amines) is 1. The Morgan fingerprint density at radius 3 is 2.51 bits per heavy atom. The monoisotopic (exact) mass is 482 g/mol. The van der Waals surface area contributed by atoms with Gasteiger partial charge in [0, 0.05) is 50.0 Å². The van der Waals surface area contributed by atoms with Crippen LogP contribution in [0.25, 0.3) is 0 Å². The smallest absolute Gasteiger partial charge is 0.410 e. The van der Waals surface area contributed by atoms with Gasteiger partial charge in [-0.05, 0) is 77.4 Å². The number of nitrogens with one attached hydrogen (secondary N) is 2. The van der Waals surface area contributed by atoms with E-state index in [9.17, 15) is 4.79 Å². The van der Waals surface area contributed by atoms with Gasteiger partial charge in [-0.1, -0.05) is 13.0 Å². The van der Waals surface area contributed by atoms with Crippen LogP contribution in [-0.2, 0) is 4.74 Å². The number of hydrogen-bond acceptors (Lipinski definition) is 6. The predicted octanol–water partition coefficient (Wildman–Crippen LogP) is 4.96. The second-order valence-electron chi connectivity index (χ2n) is 10.6. The second kappa shape index (κ2) is 11.1. The zero-order valence-electron chi connectivity index (χ0n) is 22.1. The Labute approximate surface area is 210 Å². The summed E-state index contributed by atoms with van der Waals surface area (Å²) in [4.78, 5) is 20.8. The number of hydrogen-bond donors (Lipinski definition) is 3. The minimum Gasteiger partial charge on any atom is -0.444 e. The summed E-state index contributed by atoms with van der Waals surface area (Å²) in [5, 5.41) is 6.55. The zero-order chi connectivity index (χ0) is 25.6. The third-order valence-corrected chi connectivity index (χ3v) is 6.44. The van der Waals surface area contributed by atoms with Crippen LogP contribution in [-0.4, -0.2) is 55.7 Å². The molecule has 1 aromatic carbocycles. The maximum atomic E-state index is 12.4. The molecular formula is C27H42N6O2. The molecule has 1 spiro atoms. The molecule has 0 radical (unpaired) electrons. The maximum Gasteiger partial charge on any atom is 0.410 e. The molecule has 1 amide bonds. The van der Waals surface area contributed by atoms with E-state index in [1.54, 1.807) is 7.05 Å². The van der Waals surface area contributed by atoms with Crippen LogP contribution >= 0.6 is 0 Å². The topological polar surface area (TPSA) is 95.2 Å². The van der Waals surface area contributed by atoms with Gasteiger partial charge in [0.25, 0.3) is 0 Å². The third kappa shape index (κ3) is 7.16. The number of aliphatic imine (C=N–C) groups is 1. The number of nitrogens with two attached hydrogens (primary N) is 1. The lowest BCUT2D eigenvalue weighted by molar-refractivity contribution is 0.00598. The van der Waals surface area contributed by atoms with Crippen molar-refractivity contribution in [2.45, 2.75) is 59.5 Å². The highest BCUT2D eigenvalue weighted by atomic mass is 16.6. The van der Waals surface area contributed by atoms with Crippen molar-refractivity contribution in [1.82, 2.24) is 10.2 Å². The second-order valence-corrected chi connectivity index (χ2v) is 10.6. The average molecular weight is 483 g/mol. The van der Waals surface area contributed by atoms with Gasteiger partial charge in [-0.3, -0.25) is 4.99 Å². The largest absolute Gasteiger partial charge is 0.444 e. The van der Waals surface area contributed by atoms with Crippen LogP contribution in [0, 0.1) is 5.41 Å². The molecule has 0 unspecified atom stereocenters. The van der Waals surface area contributed by atoms with Gasteiger partial charge < -0.3 is 30.9 Å². The molecule has 0 atom stereocenters. The fourth-order valence-corrected chi connectivity index (χ4v) is 4.50. The Hall–Kier alpha value is -3.16. The number of anilines is 3. The molecule has 8 heteroatoms. The lowest BCUT2D eigenvalue weighted by atomic mass is 9.72. The van der Waals surface area contributed by atoms with E-state index in [-0.39, 0.29) is 11.5 Å². The van der Waals surface area contributed by atoms with E-state index in [0.717, 1.165) is 68.3 Å². The van der Waals surface area contributed by atoms with Gasteiger partial charge in [0.05, 0.1) is 11.4 Å². The molecule has 8 nitrogen and oxygen atoms in total. The summed E-state index contributed by atoms with van der Waals surface area (Å²) in [7, 11) is 1.76. The first-order valence-corrected chi connectivity index (χ1v) is 12.5. The Morgan fingerprint density at radius 1 is 1.26 bits per heavy atom.